The van der Waals surface area contributed by atoms with E-state index in [-0.39, 0.29) is 11.6 Å². The fourth-order valence-electron chi connectivity index (χ4n) is 2.54. The number of nitrogens with one attached hydrogen (secondary N) is 1. The largest absolute Gasteiger partial charge is 0.307 e. The van der Waals surface area contributed by atoms with E-state index in [9.17, 15) is 4.79 Å². The molecule has 0 saturated carbocycles. The number of hydrogen-bond donors (Lipinski definition) is 1. The number of nitrogens with zero attached hydrogens (tertiary/aromatic N) is 4. The average Bonchev–Trinajstić information content (AvgIpc) is 2.91. The Morgan fingerprint density at radius 3 is 2.78 bits per heavy atom. The predicted octanol–water partition coefficient (Wildman–Crippen LogP) is 1.69. The minimum atomic E-state index is -0.0501. The zero-order chi connectivity index (χ0) is 16.4. The summed E-state index contributed by atoms with van der Waals surface area (Å²) < 4.78 is 3.49. The maximum atomic E-state index is 12.2. The zero-order valence-electron chi connectivity index (χ0n) is 13.7. The molecule has 0 aliphatic heterocycles. The molecule has 0 aliphatic rings. The minimum Gasteiger partial charge on any atom is -0.307 e. The molecule has 1 N–H and O–H groups in total. The van der Waals surface area contributed by atoms with E-state index in [0.29, 0.717) is 12.2 Å². The maximum absolute atomic E-state index is 12.2. The average molecular weight is 311 g/mol. The van der Waals surface area contributed by atoms with Gasteiger partial charge in [-0.05, 0) is 38.0 Å². The summed E-state index contributed by atoms with van der Waals surface area (Å²) in [5, 5.41) is 7.67. The number of aryl methyl sites for hydroxylation is 2. The molecule has 0 spiro atoms. The summed E-state index contributed by atoms with van der Waals surface area (Å²) >= 11 is 0. The van der Waals surface area contributed by atoms with Crippen molar-refractivity contribution < 1.29 is 0 Å². The van der Waals surface area contributed by atoms with Crippen LogP contribution in [0.5, 0.6) is 0 Å². The predicted molar refractivity (Wildman–Crippen MR) is 89.5 cm³/mol. The molecular weight excluding hydrogens is 290 g/mol. The van der Waals surface area contributed by atoms with Gasteiger partial charge in [-0.2, -0.15) is 5.10 Å². The summed E-state index contributed by atoms with van der Waals surface area (Å²) in [5.41, 5.74) is 3.57. The van der Waals surface area contributed by atoms with Gasteiger partial charge in [0.05, 0.1) is 18.4 Å². The van der Waals surface area contributed by atoms with Crippen molar-refractivity contribution >= 4 is 5.65 Å². The Balaban J connectivity index is 1.69. The van der Waals surface area contributed by atoms with E-state index in [2.05, 4.69) is 22.3 Å². The summed E-state index contributed by atoms with van der Waals surface area (Å²) in [6.07, 6.45) is 5.67. The second-order valence-electron chi connectivity index (χ2n) is 6.04. The molecule has 6 heteroatoms. The lowest BCUT2D eigenvalue weighted by Crippen LogP contribution is -2.31. The molecule has 3 aromatic rings. The quantitative estimate of drug-likeness (QED) is 0.779. The topological polar surface area (TPSA) is 64.2 Å². The van der Waals surface area contributed by atoms with Crippen LogP contribution in [0.2, 0.25) is 0 Å². The van der Waals surface area contributed by atoms with E-state index >= 15 is 0 Å². The highest BCUT2D eigenvalue weighted by Crippen LogP contribution is 2.03. The van der Waals surface area contributed by atoms with E-state index in [1.165, 1.54) is 0 Å². The van der Waals surface area contributed by atoms with Gasteiger partial charge in [-0.15, -0.1) is 0 Å². The molecule has 3 rings (SSSR count). The molecule has 23 heavy (non-hydrogen) atoms. The van der Waals surface area contributed by atoms with Gasteiger partial charge in [-0.25, -0.2) is 4.98 Å². The summed E-state index contributed by atoms with van der Waals surface area (Å²) in [5.74, 6) is 0. The van der Waals surface area contributed by atoms with Crippen molar-refractivity contribution in [1.29, 1.82) is 0 Å². The first kappa shape index (κ1) is 15.4. The van der Waals surface area contributed by atoms with E-state index in [1.54, 1.807) is 10.5 Å². The molecule has 1 unspecified atom stereocenters. The highest BCUT2D eigenvalue weighted by Gasteiger charge is 2.06. The molecule has 0 aliphatic carbocycles. The number of hydrogen-bond acceptors (Lipinski definition) is 4. The van der Waals surface area contributed by atoms with Gasteiger partial charge in [-0.3, -0.25) is 13.9 Å². The number of aromatic nitrogens is 4. The molecule has 0 radical (unpaired) electrons. The Hall–Kier alpha value is -2.47. The van der Waals surface area contributed by atoms with Crippen LogP contribution in [0.3, 0.4) is 0 Å². The first-order valence-corrected chi connectivity index (χ1v) is 7.72. The fraction of sp³-hybridized carbons (Fsp3) is 0.353. The lowest BCUT2D eigenvalue weighted by atomic mass is 10.3. The Bertz CT molecular complexity index is 880. The third-order valence-corrected chi connectivity index (χ3v) is 3.72. The fourth-order valence-corrected chi connectivity index (χ4v) is 2.54. The third kappa shape index (κ3) is 3.65. The van der Waals surface area contributed by atoms with Gasteiger partial charge in [0.2, 0.25) is 0 Å². The third-order valence-electron chi connectivity index (χ3n) is 3.72. The second kappa shape index (κ2) is 6.34. The van der Waals surface area contributed by atoms with Crippen LogP contribution in [0, 0.1) is 13.8 Å². The Labute approximate surface area is 134 Å². The van der Waals surface area contributed by atoms with E-state index in [4.69, 9.17) is 0 Å². The molecular formula is C17H21N5O. The van der Waals surface area contributed by atoms with Gasteiger partial charge in [-0.1, -0.05) is 6.07 Å². The summed E-state index contributed by atoms with van der Waals surface area (Å²) in [6, 6.07) is 5.65. The van der Waals surface area contributed by atoms with Crippen molar-refractivity contribution in [3.05, 3.63) is 64.0 Å². The zero-order valence-corrected chi connectivity index (χ0v) is 13.7. The smallest absolute Gasteiger partial charge is 0.258 e. The normalized spacial score (nSPS) is 12.7. The van der Waals surface area contributed by atoms with Crippen LogP contribution >= 0.6 is 0 Å². The van der Waals surface area contributed by atoms with Crippen molar-refractivity contribution in [2.75, 3.05) is 0 Å². The van der Waals surface area contributed by atoms with Gasteiger partial charge >= 0.3 is 0 Å². The van der Waals surface area contributed by atoms with Gasteiger partial charge < -0.3 is 5.32 Å². The molecule has 0 aromatic carbocycles. The highest BCUT2D eigenvalue weighted by atomic mass is 16.1. The van der Waals surface area contributed by atoms with Crippen LogP contribution in [-0.4, -0.2) is 25.2 Å². The van der Waals surface area contributed by atoms with Crippen LogP contribution in [0.15, 0.2) is 41.6 Å². The second-order valence-corrected chi connectivity index (χ2v) is 6.04. The van der Waals surface area contributed by atoms with Crippen molar-refractivity contribution in [3.8, 4) is 0 Å². The van der Waals surface area contributed by atoms with Crippen LogP contribution in [0.25, 0.3) is 5.65 Å². The van der Waals surface area contributed by atoms with Gasteiger partial charge in [0.15, 0.2) is 0 Å². The standard InChI is InChI=1S/C17H21N5O/c1-12-4-5-16-20-15(6-17(23)22(16)10-12)8-18-14(3)11-21-9-13(2)7-19-21/h4-7,9-10,14,18H,8,11H2,1-3H3. The number of pyridine rings is 1. The molecule has 3 heterocycles. The SMILES string of the molecule is Cc1cnn(CC(C)NCc2cc(=O)n3cc(C)ccc3n2)c1. The van der Waals surface area contributed by atoms with E-state index < -0.39 is 0 Å². The number of rotatable bonds is 5. The van der Waals surface area contributed by atoms with Crippen molar-refractivity contribution in [3.63, 3.8) is 0 Å². The Morgan fingerprint density at radius 1 is 1.22 bits per heavy atom. The molecule has 0 saturated heterocycles. The summed E-state index contributed by atoms with van der Waals surface area (Å²) in [4.78, 5) is 16.7. The Kier molecular flexibility index (Phi) is 4.25. The van der Waals surface area contributed by atoms with Crippen molar-refractivity contribution in [1.82, 2.24) is 24.5 Å². The lowest BCUT2D eigenvalue weighted by molar-refractivity contribution is 0.448. The molecule has 0 fully saturated rings. The van der Waals surface area contributed by atoms with Gasteiger partial charge in [0, 0.05) is 31.0 Å². The molecule has 0 amide bonds. The van der Waals surface area contributed by atoms with Crippen LogP contribution in [-0.2, 0) is 13.1 Å². The lowest BCUT2D eigenvalue weighted by Gasteiger charge is -2.14. The van der Waals surface area contributed by atoms with Crippen molar-refractivity contribution in [2.24, 2.45) is 0 Å². The first-order chi connectivity index (χ1) is 11.0. The van der Waals surface area contributed by atoms with E-state index in [0.717, 1.165) is 23.4 Å². The van der Waals surface area contributed by atoms with Crippen molar-refractivity contribution in [2.45, 2.75) is 39.9 Å². The summed E-state index contributed by atoms with van der Waals surface area (Å²) in [7, 11) is 0. The minimum absolute atomic E-state index is 0.0501. The molecule has 6 nitrogen and oxygen atoms in total. The molecule has 3 aromatic heterocycles. The number of fused-ring (bicyclic) bond motifs is 1. The van der Waals surface area contributed by atoms with Gasteiger partial charge in [0.1, 0.15) is 5.65 Å². The summed E-state index contributed by atoms with van der Waals surface area (Å²) in [6.45, 7) is 7.41. The Morgan fingerprint density at radius 2 is 2.04 bits per heavy atom. The first-order valence-electron chi connectivity index (χ1n) is 7.72. The van der Waals surface area contributed by atoms with Crippen LogP contribution < -0.4 is 10.9 Å². The molecule has 0 bridgehead atoms. The maximum Gasteiger partial charge on any atom is 0.258 e. The van der Waals surface area contributed by atoms with Gasteiger partial charge in [0.25, 0.3) is 5.56 Å². The molecule has 120 valence electrons. The highest BCUT2D eigenvalue weighted by molar-refractivity contribution is 5.39. The van der Waals surface area contributed by atoms with E-state index in [1.807, 2.05) is 49.3 Å². The molecule has 1 atom stereocenters. The monoisotopic (exact) mass is 311 g/mol. The van der Waals surface area contributed by atoms with Crippen LogP contribution in [0.1, 0.15) is 23.7 Å². The van der Waals surface area contributed by atoms with Crippen LogP contribution in [0.4, 0.5) is 0 Å².